The zero-order chi connectivity index (χ0) is 12.5. The van der Waals surface area contributed by atoms with Gasteiger partial charge in [-0.1, -0.05) is 31.0 Å². The second-order valence-electron chi connectivity index (χ2n) is 3.58. The first-order valence-corrected chi connectivity index (χ1v) is 6.11. The van der Waals surface area contributed by atoms with Crippen molar-refractivity contribution >= 4 is 17.9 Å². The molecule has 0 unspecified atom stereocenters. The SMILES string of the molecule is CCCCOCCOc1cccc(Cl)c1C=O. The number of ether oxygens (including phenoxy) is 2. The second kappa shape index (κ2) is 8.09. The number of carbonyl (C=O) groups is 1. The molecule has 0 aliphatic rings. The fraction of sp³-hybridized carbons (Fsp3) is 0.462. The fourth-order valence-electron chi connectivity index (χ4n) is 1.32. The molecular formula is C13H17ClO3. The van der Waals surface area contributed by atoms with Gasteiger partial charge in [-0.15, -0.1) is 0 Å². The van der Waals surface area contributed by atoms with E-state index in [0.717, 1.165) is 19.4 Å². The summed E-state index contributed by atoms with van der Waals surface area (Å²) in [6.07, 6.45) is 2.87. The predicted octanol–water partition coefficient (Wildman–Crippen LogP) is 3.35. The molecule has 1 aromatic carbocycles. The summed E-state index contributed by atoms with van der Waals surface area (Å²) >= 11 is 5.87. The quantitative estimate of drug-likeness (QED) is 0.529. The average Bonchev–Trinajstić information content (AvgIpc) is 2.34. The van der Waals surface area contributed by atoms with Gasteiger partial charge in [0.1, 0.15) is 12.4 Å². The lowest BCUT2D eigenvalue weighted by Crippen LogP contribution is -2.08. The summed E-state index contributed by atoms with van der Waals surface area (Å²) in [5.41, 5.74) is 0.391. The van der Waals surface area contributed by atoms with Crippen LogP contribution < -0.4 is 4.74 Å². The smallest absolute Gasteiger partial charge is 0.155 e. The zero-order valence-corrected chi connectivity index (χ0v) is 10.7. The van der Waals surface area contributed by atoms with Gasteiger partial charge in [0.05, 0.1) is 17.2 Å². The van der Waals surface area contributed by atoms with E-state index in [1.54, 1.807) is 18.2 Å². The maximum atomic E-state index is 10.8. The van der Waals surface area contributed by atoms with Crippen molar-refractivity contribution in [1.82, 2.24) is 0 Å². The highest BCUT2D eigenvalue weighted by Crippen LogP contribution is 2.24. The van der Waals surface area contributed by atoms with Crippen molar-refractivity contribution in [3.63, 3.8) is 0 Å². The Hall–Kier alpha value is -1.06. The summed E-state index contributed by atoms with van der Waals surface area (Å²) in [4.78, 5) is 10.8. The summed E-state index contributed by atoms with van der Waals surface area (Å²) in [6, 6.07) is 5.14. The molecule has 0 N–H and O–H groups in total. The van der Waals surface area contributed by atoms with Gasteiger partial charge >= 0.3 is 0 Å². The molecule has 1 aromatic rings. The molecule has 0 amide bonds. The zero-order valence-electron chi connectivity index (χ0n) is 9.95. The Bertz CT molecular complexity index is 353. The van der Waals surface area contributed by atoms with Gasteiger partial charge in [0, 0.05) is 6.61 Å². The molecule has 94 valence electrons. The average molecular weight is 257 g/mol. The highest BCUT2D eigenvalue weighted by Gasteiger charge is 2.06. The van der Waals surface area contributed by atoms with Crippen LogP contribution in [-0.2, 0) is 4.74 Å². The molecule has 0 atom stereocenters. The molecule has 1 rings (SSSR count). The molecule has 0 aromatic heterocycles. The Morgan fingerprint density at radius 2 is 2.12 bits per heavy atom. The van der Waals surface area contributed by atoms with Gasteiger partial charge in [-0.3, -0.25) is 4.79 Å². The van der Waals surface area contributed by atoms with Crippen LogP contribution in [0.5, 0.6) is 5.75 Å². The topological polar surface area (TPSA) is 35.5 Å². The Morgan fingerprint density at radius 3 is 2.82 bits per heavy atom. The van der Waals surface area contributed by atoms with Crippen molar-refractivity contribution < 1.29 is 14.3 Å². The third kappa shape index (κ3) is 4.75. The maximum Gasteiger partial charge on any atom is 0.155 e. The first kappa shape index (κ1) is 14.0. The number of carbonyl (C=O) groups excluding carboxylic acids is 1. The molecule has 0 saturated heterocycles. The van der Waals surface area contributed by atoms with Crippen molar-refractivity contribution in [3.05, 3.63) is 28.8 Å². The third-order valence-corrected chi connectivity index (χ3v) is 2.59. The van der Waals surface area contributed by atoms with Crippen LogP contribution in [0, 0.1) is 0 Å². The van der Waals surface area contributed by atoms with Crippen molar-refractivity contribution in [1.29, 1.82) is 0 Å². The van der Waals surface area contributed by atoms with Crippen molar-refractivity contribution in [2.24, 2.45) is 0 Å². The highest BCUT2D eigenvalue weighted by atomic mass is 35.5. The Labute approximate surface area is 107 Å². The molecule has 0 spiro atoms. The van der Waals surface area contributed by atoms with E-state index >= 15 is 0 Å². The number of rotatable bonds is 8. The van der Waals surface area contributed by atoms with Crippen LogP contribution in [0.25, 0.3) is 0 Å². The van der Waals surface area contributed by atoms with Gasteiger partial charge in [0.2, 0.25) is 0 Å². The summed E-state index contributed by atoms with van der Waals surface area (Å²) in [5, 5.41) is 0.407. The van der Waals surface area contributed by atoms with E-state index in [0.29, 0.717) is 35.8 Å². The van der Waals surface area contributed by atoms with Crippen molar-refractivity contribution in [2.45, 2.75) is 19.8 Å². The predicted molar refractivity (Wildman–Crippen MR) is 68.1 cm³/mol. The van der Waals surface area contributed by atoms with Gasteiger partial charge in [-0.2, -0.15) is 0 Å². The largest absolute Gasteiger partial charge is 0.490 e. The lowest BCUT2D eigenvalue weighted by Gasteiger charge is -2.09. The first-order chi connectivity index (χ1) is 8.29. The van der Waals surface area contributed by atoms with E-state index in [2.05, 4.69) is 6.92 Å². The van der Waals surface area contributed by atoms with Crippen molar-refractivity contribution in [3.8, 4) is 5.75 Å². The van der Waals surface area contributed by atoms with E-state index in [4.69, 9.17) is 21.1 Å². The van der Waals surface area contributed by atoms with Crippen molar-refractivity contribution in [2.75, 3.05) is 19.8 Å². The van der Waals surface area contributed by atoms with E-state index in [1.165, 1.54) is 0 Å². The molecule has 4 heteroatoms. The molecule has 3 nitrogen and oxygen atoms in total. The second-order valence-corrected chi connectivity index (χ2v) is 3.99. The van der Waals surface area contributed by atoms with E-state index < -0.39 is 0 Å². The normalized spacial score (nSPS) is 10.2. The molecule has 0 saturated carbocycles. The molecule has 0 fully saturated rings. The molecule has 17 heavy (non-hydrogen) atoms. The number of unbranched alkanes of at least 4 members (excludes halogenated alkanes) is 1. The summed E-state index contributed by atoms with van der Waals surface area (Å²) in [5.74, 6) is 0.506. The summed E-state index contributed by atoms with van der Waals surface area (Å²) in [6.45, 7) is 3.80. The lowest BCUT2D eigenvalue weighted by molar-refractivity contribution is 0.0969. The van der Waals surface area contributed by atoms with E-state index in [9.17, 15) is 4.79 Å². The summed E-state index contributed by atoms with van der Waals surface area (Å²) < 4.78 is 10.8. The molecule has 0 aliphatic heterocycles. The minimum atomic E-state index is 0.391. The Balaban J connectivity index is 2.36. The van der Waals surface area contributed by atoms with Crippen LogP contribution in [0.3, 0.4) is 0 Å². The number of aldehydes is 1. The minimum absolute atomic E-state index is 0.391. The monoisotopic (exact) mass is 256 g/mol. The Morgan fingerprint density at radius 1 is 1.29 bits per heavy atom. The number of hydrogen-bond donors (Lipinski definition) is 0. The lowest BCUT2D eigenvalue weighted by atomic mass is 10.2. The molecule has 0 bridgehead atoms. The van der Waals surface area contributed by atoms with Crippen LogP contribution in [-0.4, -0.2) is 26.1 Å². The molecule has 0 aliphatic carbocycles. The number of halogens is 1. The summed E-state index contributed by atoms with van der Waals surface area (Å²) in [7, 11) is 0. The fourth-order valence-corrected chi connectivity index (χ4v) is 1.53. The number of hydrogen-bond acceptors (Lipinski definition) is 3. The minimum Gasteiger partial charge on any atom is -0.490 e. The Kier molecular flexibility index (Phi) is 6.67. The third-order valence-electron chi connectivity index (χ3n) is 2.26. The van der Waals surface area contributed by atoms with Crippen LogP contribution in [0.15, 0.2) is 18.2 Å². The van der Waals surface area contributed by atoms with Crippen LogP contribution >= 0.6 is 11.6 Å². The van der Waals surface area contributed by atoms with E-state index in [-0.39, 0.29) is 0 Å². The van der Waals surface area contributed by atoms with E-state index in [1.807, 2.05) is 0 Å². The van der Waals surface area contributed by atoms with Gasteiger partial charge in [0.15, 0.2) is 6.29 Å². The first-order valence-electron chi connectivity index (χ1n) is 5.73. The van der Waals surface area contributed by atoms with Gasteiger partial charge in [-0.25, -0.2) is 0 Å². The van der Waals surface area contributed by atoms with Crippen LogP contribution in [0.1, 0.15) is 30.1 Å². The van der Waals surface area contributed by atoms with Crippen LogP contribution in [0.2, 0.25) is 5.02 Å². The molecule has 0 radical (unpaired) electrons. The molecule has 0 heterocycles. The maximum absolute atomic E-state index is 10.8. The number of benzene rings is 1. The standard InChI is InChI=1S/C13H17ClO3/c1-2-3-7-16-8-9-17-13-6-4-5-12(14)11(13)10-15/h4-6,10H,2-3,7-9H2,1H3. The highest BCUT2D eigenvalue weighted by molar-refractivity contribution is 6.33. The molecular weight excluding hydrogens is 240 g/mol. The van der Waals surface area contributed by atoms with Gasteiger partial charge in [-0.05, 0) is 18.6 Å². The van der Waals surface area contributed by atoms with Crippen LogP contribution in [0.4, 0.5) is 0 Å². The van der Waals surface area contributed by atoms with Gasteiger partial charge in [0.25, 0.3) is 0 Å². The van der Waals surface area contributed by atoms with Gasteiger partial charge < -0.3 is 9.47 Å².